The monoisotopic (exact) mass is 277 g/mol. The average Bonchev–Trinajstić information content (AvgIpc) is 2.34. The van der Waals surface area contributed by atoms with E-state index in [9.17, 15) is 13.2 Å². The highest BCUT2D eigenvalue weighted by molar-refractivity contribution is 5.28. The average molecular weight is 277 g/mol. The van der Waals surface area contributed by atoms with Crippen molar-refractivity contribution in [3.63, 3.8) is 0 Å². The van der Waals surface area contributed by atoms with Gasteiger partial charge in [-0.2, -0.15) is 13.2 Å². The Morgan fingerprint density at radius 2 is 2.05 bits per heavy atom. The highest BCUT2D eigenvalue weighted by atomic mass is 19.4. The summed E-state index contributed by atoms with van der Waals surface area (Å²) in [6.45, 7) is -1.22. The van der Waals surface area contributed by atoms with E-state index in [1.165, 1.54) is 0 Å². The van der Waals surface area contributed by atoms with E-state index in [2.05, 4.69) is 4.74 Å². The minimum absolute atomic E-state index is 0.00461. The van der Waals surface area contributed by atoms with Crippen LogP contribution in [-0.2, 0) is 11.2 Å². The molecular formula is C13H18F3NO2. The van der Waals surface area contributed by atoms with Crippen LogP contribution in [0.2, 0.25) is 0 Å². The third-order valence-electron chi connectivity index (χ3n) is 2.53. The molecule has 1 atom stereocenters. The summed E-state index contributed by atoms with van der Waals surface area (Å²) >= 11 is 0. The molecule has 0 bridgehead atoms. The fourth-order valence-corrected chi connectivity index (χ4v) is 1.63. The topological polar surface area (TPSA) is 44.5 Å². The third-order valence-corrected chi connectivity index (χ3v) is 2.53. The quantitative estimate of drug-likeness (QED) is 0.779. The van der Waals surface area contributed by atoms with Gasteiger partial charge in [0.15, 0.2) is 0 Å². The molecule has 1 unspecified atom stereocenters. The maximum Gasteiger partial charge on any atom is 0.411 e. The minimum atomic E-state index is -4.28. The Hall–Kier alpha value is -1.27. The zero-order valence-corrected chi connectivity index (χ0v) is 10.7. The SMILES string of the molecule is COc1cccc(CC(N)CCOCC(F)(F)F)c1. The Morgan fingerprint density at radius 1 is 1.32 bits per heavy atom. The summed E-state index contributed by atoms with van der Waals surface area (Å²) in [4.78, 5) is 0. The van der Waals surface area contributed by atoms with Gasteiger partial charge in [-0.1, -0.05) is 12.1 Å². The van der Waals surface area contributed by atoms with E-state index in [0.29, 0.717) is 12.8 Å². The van der Waals surface area contributed by atoms with Crippen LogP contribution in [0.25, 0.3) is 0 Å². The zero-order valence-electron chi connectivity index (χ0n) is 10.7. The molecule has 0 heterocycles. The van der Waals surface area contributed by atoms with Crippen LogP contribution in [-0.4, -0.2) is 32.5 Å². The molecule has 1 rings (SSSR count). The van der Waals surface area contributed by atoms with Crippen LogP contribution >= 0.6 is 0 Å². The molecule has 0 aliphatic heterocycles. The van der Waals surface area contributed by atoms with Crippen LogP contribution in [0.4, 0.5) is 13.2 Å². The predicted octanol–water partition coefficient (Wildman–Crippen LogP) is 2.53. The first-order chi connectivity index (χ1) is 8.90. The van der Waals surface area contributed by atoms with E-state index in [1.807, 2.05) is 24.3 Å². The van der Waals surface area contributed by atoms with Gasteiger partial charge in [-0.25, -0.2) is 0 Å². The number of nitrogens with two attached hydrogens (primary N) is 1. The normalized spacial score (nSPS) is 13.3. The van der Waals surface area contributed by atoms with Gasteiger partial charge in [0.1, 0.15) is 12.4 Å². The first-order valence-electron chi connectivity index (χ1n) is 5.93. The molecule has 0 spiro atoms. The highest BCUT2D eigenvalue weighted by Gasteiger charge is 2.27. The Morgan fingerprint density at radius 3 is 2.68 bits per heavy atom. The van der Waals surface area contributed by atoms with Gasteiger partial charge in [0.25, 0.3) is 0 Å². The molecule has 19 heavy (non-hydrogen) atoms. The fraction of sp³-hybridized carbons (Fsp3) is 0.538. The number of benzene rings is 1. The molecule has 0 radical (unpaired) electrons. The van der Waals surface area contributed by atoms with Crippen LogP contribution in [0.5, 0.6) is 5.75 Å². The first kappa shape index (κ1) is 15.8. The molecule has 108 valence electrons. The molecule has 1 aromatic carbocycles. The molecule has 0 fully saturated rings. The molecule has 0 aliphatic carbocycles. The standard InChI is InChI=1S/C13H18F3NO2/c1-18-12-4-2-3-10(8-12)7-11(17)5-6-19-9-13(14,15)16/h2-4,8,11H,5-7,9,17H2,1H3. The zero-order chi connectivity index (χ0) is 14.3. The van der Waals surface area contributed by atoms with Crippen molar-refractivity contribution in [1.29, 1.82) is 0 Å². The summed E-state index contributed by atoms with van der Waals surface area (Å²) < 4.78 is 45.1. The second-order valence-corrected chi connectivity index (χ2v) is 4.27. The van der Waals surface area contributed by atoms with Crippen molar-refractivity contribution in [3.05, 3.63) is 29.8 Å². The van der Waals surface area contributed by atoms with E-state index in [4.69, 9.17) is 10.5 Å². The van der Waals surface area contributed by atoms with Crippen molar-refractivity contribution >= 4 is 0 Å². The van der Waals surface area contributed by atoms with Gasteiger partial charge in [-0.3, -0.25) is 0 Å². The summed E-state index contributed by atoms with van der Waals surface area (Å²) in [6, 6.07) is 7.19. The molecule has 0 saturated heterocycles. The van der Waals surface area contributed by atoms with Gasteiger partial charge < -0.3 is 15.2 Å². The summed E-state index contributed by atoms with van der Waals surface area (Å²) in [6.07, 6.45) is -3.32. The second kappa shape index (κ2) is 7.35. The van der Waals surface area contributed by atoms with Gasteiger partial charge in [-0.15, -0.1) is 0 Å². The predicted molar refractivity (Wildman–Crippen MR) is 66.2 cm³/mol. The van der Waals surface area contributed by atoms with Crippen molar-refractivity contribution in [1.82, 2.24) is 0 Å². The van der Waals surface area contributed by atoms with Gasteiger partial charge >= 0.3 is 6.18 Å². The fourth-order valence-electron chi connectivity index (χ4n) is 1.63. The number of halogens is 3. The number of hydrogen-bond acceptors (Lipinski definition) is 3. The molecule has 6 heteroatoms. The van der Waals surface area contributed by atoms with E-state index >= 15 is 0 Å². The number of alkyl halides is 3. The van der Waals surface area contributed by atoms with Crippen LogP contribution < -0.4 is 10.5 Å². The lowest BCUT2D eigenvalue weighted by molar-refractivity contribution is -0.174. The van der Waals surface area contributed by atoms with E-state index in [-0.39, 0.29) is 12.6 Å². The summed E-state index contributed by atoms with van der Waals surface area (Å²) in [5.74, 6) is 0.734. The van der Waals surface area contributed by atoms with Crippen molar-refractivity contribution < 1.29 is 22.6 Å². The van der Waals surface area contributed by atoms with Crippen molar-refractivity contribution in [2.24, 2.45) is 5.73 Å². The summed E-state index contributed by atoms with van der Waals surface area (Å²) in [5.41, 5.74) is 6.83. The molecule has 0 aromatic heterocycles. The molecule has 0 aliphatic rings. The Bertz CT molecular complexity index is 382. The van der Waals surface area contributed by atoms with Gasteiger partial charge in [0, 0.05) is 12.6 Å². The first-order valence-corrected chi connectivity index (χ1v) is 5.93. The lowest BCUT2D eigenvalue weighted by atomic mass is 10.0. The van der Waals surface area contributed by atoms with Gasteiger partial charge in [0.2, 0.25) is 0 Å². The summed E-state index contributed by atoms with van der Waals surface area (Å²) in [5, 5.41) is 0. The maximum absolute atomic E-state index is 11.8. The van der Waals surface area contributed by atoms with Crippen LogP contribution in [0.3, 0.4) is 0 Å². The van der Waals surface area contributed by atoms with Crippen LogP contribution in [0.15, 0.2) is 24.3 Å². The molecule has 0 amide bonds. The van der Waals surface area contributed by atoms with E-state index < -0.39 is 12.8 Å². The van der Waals surface area contributed by atoms with Crippen molar-refractivity contribution in [3.8, 4) is 5.75 Å². The van der Waals surface area contributed by atoms with Gasteiger partial charge in [0.05, 0.1) is 7.11 Å². The minimum Gasteiger partial charge on any atom is -0.497 e. The second-order valence-electron chi connectivity index (χ2n) is 4.27. The Kier molecular flexibility index (Phi) is 6.11. The Labute approximate surface area is 110 Å². The lowest BCUT2D eigenvalue weighted by Gasteiger charge is -2.13. The van der Waals surface area contributed by atoms with E-state index in [1.54, 1.807) is 7.11 Å². The molecule has 2 N–H and O–H groups in total. The molecule has 1 aromatic rings. The molecule has 3 nitrogen and oxygen atoms in total. The van der Waals surface area contributed by atoms with Crippen molar-refractivity contribution in [2.45, 2.75) is 25.1 Å². The van der Waals surface area contributed by atoms with Gasteiger partial charge in [-0.05, 0) is 30.5 Å². The van der Waals surface area contributed by atoms with Crippen LogP contribution in [0, 0.1) is 0 Å². The largest absolute Gasteiger partial charge is 0.497 e. The summed E-state index contributed by atoms with van der Waals surface area (Å²) in [7, 11) is 1.57. The third kappa shape index (κ3) is 7.03. The van der Waals surface area contributed by atoms with Crippen molar-refractivity contribution in [2.75, 3.05) is 20.3 Å². The number of hydrogen-bond donors (Lipinski definition) is 1. The lowest BCUT2D eigenvalue weighted by Crippen LogP contribution is -2.26. The molecule has 0 saturated carbocycles. The number of rotatable bonds is 7. The number of methoxy groups -OCH3 is 1. The maximum atomic E-state index is 11.8. The molecular weight excluding hydrogens is 259 g/mol. The smallest absolute Gasteiger partial charge is 0.411 e. The van der Waals surface area contributed by atoms with Crippen LogP contribution in [0.1, 0.15) is 12.0 Å². The number of ether oxygens (including phenoxy) is 2. The highest BCUT2D eigenvalue weighted by Crippen LogP contribution is 2.16. The Balaban J connectivity index is 2.28. The van der Waals surface area contributed by atoms with E-state index in [0.717, 1.165) is 11.3 Å².